The lowest BCUT2D eigenvalue weighted by atomic mass is 10.2. The number of alkyl carbamates (subject to hydrolysis) is 1. The van der Waals surface area contributed by atoms with Gasteiger partial charge < -0.3 is 25.2 Å². The van der Waals surface area contributed by atoms with Crippen LogP contribution in [0.4, 0.5) is 4.79 Å². The van der Waals surface area contributed by atoms with Crippen LogP contribution in [-0.4, -0.2) is 48.3 Å². The third kappa shape index (κ3) is 8.16. The number of hydrogen-bond donors (Lipinski definition) is 3. The standard InChI is InChI=1S/C15H24N4O5/c1-10-9-11(19-24-10)13(21)17-8-7-16-12(20)5-6-18-14(22)23-15(2,3)4/h9H,5-8H2,1-4H3,(H,16,20)(H,17,21)(H,18,22). The lowest BCUT2D eigenvalue weighted by Crippen LogP contribution is -2.37. The smallest absolute Gasteiger partial charge is 0.407 e. The van der Waals surface area contributed by atoms with Crippen molar-refractivity contribution in [2.45, 2.75) is 39.7 Å². The average Bonchev–Trinajstić information content (AvgIpc) is 2.88. The van der Waals surface area contributed by atoms with Gasteiger partial charge in [-0.2, -0.15) is 0 Å². The fourth-order valence-corrected chi connectivity index (χ4v) is 1.62. The molecule has 24 heavy (non-hydrogen) atoms. The van der Waals surface area contributed by atoms with Crippen molar-refractivity contribution >= 4 is 17.9 Å². The van der Waals surface area contributed by atoms with E-state index in [4.69, 9.17) is 9.26 Å². The van der Waals surface area contributed by atoms with Gasteiger partial charge in [-0.3, -0.25) is 9.59 Å². The largest absolute Gasteiger partial charge is 0.444 e. The van der Waals surface area contributed by atoms with E-state index in [0.29, 0.717) is 5.76 Å². The van der Waals surface area contributed by atoms with Crippen LogP contribution in [0.1, 0.15) is 43.4 Å². The molecule has 3 amide bonds. The van der Waals surface area contributed by atoms with Gasteiger partial charge in [-0.05, 0) is 27.7 Å². The molecule has 1 aromatic heterocycles. The van der Waals surface area contributed by atoms with Gasteiger partial charge in [-0.1, -0.05) is 5.16 Å². The summed E-state index contributed by atoms with van der Waals surface area (Å²) in [5, 5.41) is 11.3. The van der Waals surface area contributed by atoms with Crippen LogP contribution < -0.4 is 16.0 Å². The number of aromatic nitrogens is 1. The van der Waals surface area contributed by atoms with Gasteiger partial charge in [0.25, 0.3) is 5.91 Å². The fraction of sp³-hybridized carbons (Fsp3) is 0.600. The zero-order valence-electron chi connectivity index (χ0n) is 14.4. The van der Waals surface area contributed by atoms with Crippen LogP contribution in [0.5, 0.6) is 0 Å². The summed E-state index contributed by atoms with van der Waals surface area (Å²) in [7, 11) is 0. The van der Waals surface area contributed by atoms with Gasteiger partial charge in [-0.15, -0.1) is 0 Å². The van der Waals surface area contributed by atoms with E-state index in [1.165, 1.54) is 6.07 Å². The van der Waals surface area contributed by atoms with Gasteiger partial charge in [0.2, 0.25) is 5.91 Å². The summed E-state index contributed by atoms with van der Waals surface area (Å²) >= 11 is 0. The second-order valence-corrected chi connectivity index (χ2v) is 6.11. The Kier molecular flexibility index (Phi) is 7.22. The number of nitrogens with zero attached hydrogens (tertiary/aromatic N) is 1. The molecule has 9 heteroatoms. The highest BCUT2D eigenvalue weighted by Gasteiger charge is 2.15. The van der Waals surface area contributed by atoms with E-state index >= 15 is 0 Å². The Bertz CT molecular complexity index is 577. The number of hydrogen-bond acceptors (Lipinski definition) is 6. The molecule has 0 radical (unpaired) electrons. The molecule has 0 spiro atoms. The molecule has 3 N–H and O–H groups in total. The maximum absolute atomic E-state index is 11.7. The molecular weight excluding hydrogens is 316 g/mol. The SMILES string of the molecule is Cc1cc(C(=O)NCCNC(=O)CCNC(=O)OC(C)(C)C)no1. The van der Waals surface area contributed by atoms with Crippen LogP contribution in [0.3, 0.4) is 0 Å². The zero-order valence-corrected chi connectivity index (χ0v) is 14.4. The van der Waals surface area contributed by atoms with Crippen LogP contribution in [0, 0.1) is 6.92 Å². The number of nitrogens with one attached hydrogen (secondary N) is 3. The van der Waals surface area contributed by atoms with E-state index < -0.39 is 11.7 Å². The summed E-state index contributed by atoms with van der Waals surface area (Å²) < 4.78 is 9.84. The van der Waals surface area contributed by atoms with Crippen LogP contribution in [0.25, 0.3) is 0 Å². The molecule has 0 saturated carbocycles. The Morgan fingerprint density at radius 3 is 2.38 bits per heavy atom. The molecule has 1 aromatic rings. The molecule has 0 unspecified atom stereocenters. The Balaban J connectivity index is 2.10. The fourth-order valence-electron chi connectivity index (χ4n) is 1.62. The molecule has 0 saturated heterocycles. The molecule has 0 aliphatic rings. The lowest BCUT2D eigenvalue weighted by molar-refractivity contribution is -0.120. The Hall–Kier alpha value is -2.58. The molecule has 1 rings (SSSR count). The quantitative estimate of drug-likeness (QED) is 0.629. The summed E-state index contributed by atoms with van der Waals surface area (Å²) in [6.45, 7) is 7.67. The number of rotatable bonds is 7. The van der Waals surface area contributed by atoms with E-state index in [-0.39, 0.29) is 43.6 Å². The van der Waals surface area contributed by atoms with Crippen LogP contribution >= 0.6 is 0 Å². The minimum atomic E-state index is -0.576. The van der Waals surface area contributed by atoms with Crippen molar-refractivity contribution in [3.8, 4) is 0 Å². The number of amides is 3. The third-order valence-electron chi connectivity index (χ3n) is 2.61. The minimum absolute atomic E-state index is 0.121. The monoisotopic (exact) mass is 340 g/mol. The van der Waals surface area contributed by atoms with E-state index in [0.717, 1.165) is 0 Å². The minimum Gasteiger partial charge on any atom is -0.444 e. The molecule has 0 fully saturated rings. The van der Waals surface area contributed by atoms with Gasteiger partial charge >= 0.3 is 6.09 Å². The van der Waals surface area contributed by atoms with Crippen molar-refractivity contribution in [1.29, 1.82) is 0 Å². The summed E-state index contributed by atoms with van der Waals surface area (Å²) in [5.41, 5.74) is -0.382. The highest BCUT2D eigenvalue weighted by atomic mass is 16.6. The molecular formula is C15H24N4O5. The number of carbonyl (C=O) groups is 3. The Labute approximate surface area is 140 Å². The molecule has 0 atom stereocenters. The normalized spacial score (nSPS) is 10.8. The summed E-state index contributed by atoms with van der Waals surface area (Å²) in [6.07, 6.45) is -0.444. The van der Waals surface area contributed by atoms with Gasteiger partial charge in [-0.25, -0.2) is 4.79 Å². The molecule has 9 nitrogen and oxygen atoms in total. The van der Waals surface area contributed by atoms with Gasteiger partial charge in [0, 0.05) is 32.1 Å². The topological polar surface area (TPSA) is 123 Å². The van der Waals surface area contributed by atoms with Crippen molar-refractivity contribution in [2.24, 2.45) is 0 Å². The maximum atomic E-state index is 11.7. The summed E-state index contributed by atoms with van der Waals surface area (Å²) in [5.74, 6) is -0.0591. The van der Waals surface area contributed by atoms with Crippen LogP contribution in [-0.2, 0) is 9.53 Å². The molecule has 0 aliphatic carbocycles. The van der Waals surface area contributed by atoms with E-state index in [2.05, 4.69) is 21.1 Å². The van der Waals surface area contributed by atoms with Crippen LogP contribution in [0.2, 0.25) is 0 Å². The first-order valence-corrected chi connectivity index (χ1v) is 7.62. The first-order valence-electron chi connectivity index (χ1n) is 7.62. The molecule has 0 aromatic carbocycles. The summed E-state index contributed by atoms with van der Waals surface area (Å²) in [4.78, 5) is 34.6. The zero-order chi connectivity index (χ0) is 18.2. The van der Waals surface area contributed by atoms with E-state index in [9.17, 15) is 14.4 Å². The van der Waals surface area contributed by atoms with Gasteiger partial charge in [0.1, 0.15) is 11.4 Å². The molecule has 134 valence electrons. The first kappa shape index (κ1) is 19.5. The van der Waals surface area contributed by atoms with Crippen molar-refractivity contribution in [1.82, 2.24) is 21.1 Å². The van der Waals surface area contributed by atoms with Gasteiger partial charge in [0.05, 0.1) is 0 Å². The predicted molar refractivity (Wildman–Crippen MR) is 85.4 cm³/mol. The van der Waals surface area contributed by atoms with E-state index in [1.54, 1.807) is 27.7 Å². The first-order chi connectivity index (χ1) is 11.2. The van der Waals surface area contributed by atoms with Gasteiger partial charge in [0.15, 0.2) is 5.69 Å². The van der Waals surface area contributed by atoms with E-state index in [1.807, 2.05) is 0 Å². The van der Waals surface area contributed by atoms with Crippen molar-refractivity contribution in [2.75, 3.05) is 19.6 Å². The lowest BCUT2D eigenvalue weighted by Gasteiger charge is -2.19. The molecule has 0 bridgehead atoms. The van der Waals surface area contributed by atoms with Crippen molar-refractivity contribution in [3.63, 3.8) is 0 Å². The Morgan fingerprint density at radius 2 is 1.79 bits per heavy atom. The second-order valence-electron chi connectivity index (χ2n) is 6.11. The Morgan fingerprint density at radius 1 is 1.12 bits per heavy atom. The average molecular weight is 340 g/mol. The third-order valence-corrected chi connectivity index (χ3v) is 2.61. The second kappa shape index (κ2) is 8.90. The molecule has 0 aliphatic heterocycles. The van der Waals surface area contributed by atoms with Crippen molar-refractivity contribution < 1.29 is 23.6 Å². The number of aryl methyl sites for hydroxylation is 1. The predicted octanol–water partition coefficient (Wildman–Crippen LogP) is 0.744. The van der Waals surface area contributed by atoms with Crippen molar-refractivity contribution in [3.05, 3.63) is 17.5 Å². The number of ether oxygens (including phenoxy) is 1. The molecule has 1 heterocycles. The number of carbonyl (C=O) groups excluding carboxylic acids is 3. The highest BCUT2D eigenvalue weighted by Crippen LogP contribution is 2.06. The highest BCUT2D eigenvalue weighted by molar-refractivity contribution is 5.92. The maximum Gasteiger partial charge on any atom is 0.407 e. The van der Waals surface area contributed by atoms with Crippen LogP contribution in [0.15, 0.2) is 10.6 Å². The summed E-state index contributed by atoms with van der Waals surface area (Å²) in [6, 6.07) is 1.52.